The van der Waals surface area contributed by atoms with Gasteiger partial charge in [0.05, 0.1) is 18.8 Å². The zero-order chi connectivity index (χ0) is 13.7. The van der Waals surface area contributed by atoms with Gasteiger partial charge in [-0.3, -0.25) is 0 Å². The number of aromatic nitrogens is 1. The predicted octanol–water partition coefficient (Wildman–Crippen LogP) is 1.83. The summed E-state index contributed by atoms with van der Waals surface area (Å²) in [6.07, 6.45) is 5.52. The zero-order valence-electron chi connectivity index (χ0n) is 11.1. The highest BCUT2D eigenvalue weighted by molar-refractivity contribution is 5.89. The Balaban J connectivity index is 1.93. The van der Waals surface area contributed by atoms with Gasteiger partial charge in [0, 0.05) is 18.7 Å². The van der Waals surface area contributed by atoms with Crippen LogP contribution in [0.5, 0.6) is 0 Å². The number of rotatable bonds is 4. The number of methoxy groups -OCH3 is 1. The topological polar surface area (TPSA) is 71.5 Å². The van der Waals surface area contributed by atoms with Gasteiger partial charge < -0.3 is 15.2 Å². The van der Waals surface area contributed by atoms with Gasteiger partial charge in [0.15, 0.2) is 0 Å². The van der Waals surface area contributed by atoms with Gasteiger partial charge in [-0.05, 0) is 25.0 Å². The van der Waals surface area contributed by atoms with Crippen molar-refractivity contribution in [3.63, 3.8) is 0 Å². The van der Waals surface area contributed by atoms with E-state index in [1.165, 1.54) is 13.5 Å². The number of nitrogens with one attached hydrogen (secondary N) is 1. The minimum atomic E-state index is -0.372. The Morgan fingerprint density at radius 2 is 2.32 bits per heavy atom. The lowest BCUT2D eigenvalue weighted by Gasteiger charge is -2.27. The van der Waals surface area contributed by atoms with Gasteiger partial charge in [-0.25, -0.2) is 9.78 Å². The third kappa shape index (κ3) is 3.67. The average molecular weight is 264 g/mol. The Labute approximate surface area is 113 Å². The predicted molar refractivity (Wildman–Crippen MR) is 72.0 cm³/mol. The molecule has 0 radical (unpaired) electrons. The average Bonchev–Trinajstić information content (AvgIpc) is 2.46. The number of nitrogens with zero attached hydrogens (tertiary/aromatic N) is 1. The molecule has 0 aromatic carbocycles. The fraction of sp³-hybridized carbons (Fsp3) is 0.571. The van der Waals surface area contributed by atoms with E-state index in [0.717, 1.165) is 19.3 Å². The lowest BCUT2D eigenvalue weighted by atomic mass is 9.86. The molecule has 2 N–H and O–H groups in total. The number of aliphatic hydroxyl groups excluding tert-OH is 1. The Kier molecular flexibility index (Phi) is 4.74. The minimum Gasteiger partial charge on any atom is -0.465 e. The zero-order valence-corrected chi connectivity index (χ0v) is 11.1. The number of aliphatic hydroxyl groups is 1. The number of carbonyl (C=O) groups excluding carboxylic acids is 1. The van der Waals surface area contributed by atoms with E-state index in [1.807, 2.05) is 0 Å². The molecule has 0 saturated heterocycles. The monoisotopic (exact) mass is 264 g/mol. The van der Waals surface area contributed by atoms with Crippen LogP contribution in [0.15, 0.2) is 18.3 Å². The molecule has 104 valence electrons. The summed E-state index contributed by atoms with van der Waals surface area (Å²) in [5.74, 6) is 0.529. The number of carbonyl (C=O) groups is 1. The lowest BCUT2D eigenvalue weighted by molar-refractivity contribution is 0.0600. The summed E-state index contributed by atoms with van der Waals surface area (Å²) >= 11 is 0. The summed E-state index contributed by atoms with van der Waals surface area (Å²) in [5.41, 5.74) is 0.476. The molecule has 0 aliphatic heterocycles. The van der Waals surface area contributed by atoms with Crippen molar-refractivity contribution in [2.75, 3.05) is 19.0 Å². The molecule has 5 heteroatoms. The maximum Gasteiger partial charge on any atom is 0.338 e. The quantitative estimate of drug-likeness (QED) is 0.812. The van der Waals surface area contributed by atoms with Crippen molar-refractivity contribution in [2.45, 2.75) is 31.8 Å². The molecule has 2 rings (SSSR count). The smallest absolute Gasteiger partial charge is 0.338 e. The number of hydrogen-bond acceptors (Lipinski definition) is 5. The molecule has 2 unspecified atom stereocenters. The second-order valence-electron chi connectivity index (χ2n) is 4.91. The Hall–Kier alpha value is -1.62. The van der Waals surface area contributed by atoms with Crippen molar-refractivity contribution in [1.29, 1.82) is 0 Å². The van der Waals surface area contributed by atoms with Crippen LogP contribution in [-0.4, -0.2) is 35.8 Å². The van der Waals surface area contributed by atoms with Crippen molar-refractivity contribution < 1.29 is 14.6 Å². The molecule has 1 fully saturated rings. The lowest BCUT2D eigenvalue weighted by Crippen LogP contribution is -2.30. The van der Waals surface area contributed by atoms with E-state index in [2.05, 4.69) is 15.0 Å². The molecule has 0 spiro atoms. The Morgan fingerprint density at radius 3 is 3.05 bits per heavy atom. The molecular formula is C14H20N2O3. The summed E-state index contributed by atoms with van der Waals surface area (Å²) in [4.78, 5) is 15.6. The Bertz CT molecular complexity index is 436. The first-order valence-corrected chi connectivity index (χ1v) is 6.67. The van der Waals surface area contributed by atoms with E-state index in [1.54, 1.807) is 18.3 Å². The molecule has 1 heterocycles. The summed E-state index contributed by atoms with van der Waals surface area (Å²) in [7, 11) is 1.36. The SMILES string of the molecule is COC(=O)c1ccnc(NCC2CCCCC2O)c1. The van der Waals surface area contributed by atoms with Crippen LogP contribution in [0.4, 0.5) is 5.82 Å². The second kappa shape index (κ2) is 6.52. The van der Waals surface area contributed by atoms with E-state index >= 15 is 0 Å². The highest BCUT2D eigenvalue weighted by atomic mass is 16.5. The Morgan fingerprint density at radius 1 is 1.53 bits per heavy atom. The van der Waals surface area contributed by atoms with Crippen LogP contribution in [0.2, 0.25) is 0 Å². The van der Waals surface area contributed by atoms with Crippen LogP contribution in [0.3, 0.4) is 0 Å². The molecule has 0 amide bonds. The van der Waals surface area contributed by atoms with Crippen LogP contribution in [0.1, 0.15) is 36.0 Å². The normalized spacial score (nSPS) is 22.8. The van der Waals surface area contributed by atoms with Crippen LogP contribution in [-0.2, 0) is 4.74 Å². The van der Waals surface area contributed by atoms with Gasteiger partial charge in [0.25, 0.3) is 0 Å². The van der Waals surface area contributed by atoms with Gasteiger partial charge in [-0.15, -0.1) is 0 Å². The fourth-order valence-electron chi connectivity index (χ4n) is 2.43. The number of anilines is 1. The third-order valence-electron chi connectivity index (χ3n) is 3.60. The van der Waals surface area contributed by atoms with Gasteiger partial charge in [0.1, 0.15) is 5.82 Å². The molecule has 2 atom stereocenters. The molecule has 1 aromatic heterocycles. The molecule has 1 aliphatic rings. The first-order valence-electron chi connectivity index (χ1n) is 6.67. The maximum absolute atomic E-state index is 11.4. The highest BCUT2D eigenvalue weighted by Gasteiger charge is 2.22. The van der Waals surface area contributed by atoms with E-state index in [9.17, 15) is 9.90 Å². The molecule has 19 heavy (non-hydrogen) atoms. The molecule has 5 nitrogen and oxygen atoms in total. The van der Waals surface area contributed by atoms with E-state index in [4.69, 9.17) is 0 Å². The molecule has 1 aliphatic carbocycles. The summed E-state index contributed by atoms with van der Waals surface area (Å²) in [6.45, 7) is 0.679. The summed E-state index contributed by atoms with van der Waals surface area (Å²) in [6, 6.07) is 3.29. The molecule has 0 bridgehead atoms. The van der Waals surface area contributed by atoms with Crippen LogP contribution >= 0.6 is 0 Å². The van der Waals surface area contributed by atoms with Crippen molar-refractivity contribution in [1.82, 2.24) is 4.98 Å². The van der Waals surface area contributed by atoms with E-state index < -0.39 is 0 Å². The largest absolute Gasteiger partial charge is 0.465 e. The molecule has 1 saturated carbocycles. The fourth-order valence-corrected chi connectivity index (χ4v) is 2.43. The van der Waals surface area contributed by atoms with Gasteiger partial charge in [-0.1, -0.05) is 12.8 Å². The van der Waals surface area contributed by atoms with Gasteiger partial charge in [0.2, 0.25) is 0 Å². The van der Waals surface area contributed by atoms with Crippen LogP contribution in [0.25, 0.3) is 0 Å². The van der Waals surface area contributed by atoms with E-state index in [0.29, 0.717) is 17.9 Å². The third-order valence-corrected chi connectivity index (χ3v) is 3.60. The van der Waals surface area contributed by atoms with Gasteiger partial charge in [-0.2, -0.15) is 0 Å². The van der Waals surface area contributed by atoms with Crippen molar-refractivity contribution in [2.24, 2.45) is 5.92 Å². The van der Waals surface area contributed by atoms with Crippen molar-refractivity contribution >= 4 is 11.8 Å². The van der Waals surface area contributed by atoms with Crippen LogP contribution in [0, 0.1) is 5.92 Å². The summed E-state index contributed by atoms with van der Waals surface area (Å²) < 4.78 is 4.67. The van der Waals surface area contributed by atoms with E-state index in [-0.39, 0.29) is 18.0 Å². The minimum absolute atomic E-state index is 0.231. The molecule has 1 aromatic rings. The standard InChI is InChI=1S/C14H20N2O3/c1-19-14(18)10-6-7-15-13(8-10)16-9-11-4-2-3-5-12(11)17/h6-8,11-12,17H,2-5,9H2,1H3,(H,15,16). The summed E-state index contributed by atoms with van der Waals surface area (Å²) in [5, 5.41) is 13.1. The first-order chi connectivity index (χ1) is 9.20. The second-order valence-corrected chi connectivity index (χ2v) is 4.91. The number of esters is 1. The number of ether oxygens (including phenoxy) is 1. The van der Waals surface area contributed by atoms with Gasteiger partial charge >= 0.3 is 5.97 Å². The van der Waals surface area contributed by atoms with Crippen molar-refractivity contribution in [3.8, 4) is 0 Å². The van der Waals surface area contributed by atoms with Crippen molar-refractivity contribution in [3.05, 3.63) is 23.9 Å². The highest BCUT2D eigenvalue weighted by Crippen LogP contribution is 2.24. The molecular weight excluding hydrogens is 244 g/mol. The first kappa shape index (κ1) is 13.8. The number of pyridine rings is 1. The maximum atomic E-state index is 11.4. The van der Waals surface area contributed by atoms with Crippen LogP contribution < -0.4 is 5.32 Å². The number of hydrogen-bond donors (Lipinski definition) is 2.